The minimum atomic E-state index is -4.18. The summed E-state index contributed by atoms with van der Waals surface area (Å²) < 4.78 is 80.6. The molecule has 3 aliphatic heterocycles. The minimum absolute atomic E-state index is 0.0415. The number of alkyl halides is 1. The van der Waals surface area contributed by atoms with Crippen molar-refractivity contribution in [2.75, 3.05) is 18.9 Å². The molecule has 9 atom stereocenters. The number of nitrogens with zero attached hydrogens (tertiary/aromatic N) is 4. The van der Waals surface area contributed by atoms with Gasteiger partial charge >= 0.3 is 13.6 Å². The topological polar surface area (TPSA) is 184 Å². The largest absolute Gasteiger partial charge is 0.398 e. The Labute approximate surface area is 258 Å². The van der Waals surface area contributed by atoms with Gasteiger partial charge in [-0.05, 0) is 18.2 Å². The molecule has 0 aliphatic carbocycles. The molecule has 0 spiro atoms. The van der Waals surface area contributed by atoms with Gasteiger partial charge in [0.1, 0.15) is 17.9 Å². The Morgan fingerprint density at radius 3 is 2.68 bits per heavy atom. The molecule has 236 valence electrons. The second-order valence-electron chi connectivity index (χ2n) is 10.5. The van der Waals surface area contributed by atoms with Crippen LogP contribution in [0.2, 0.25) is 0 Å². The van der Waals surface area contributed by atoms with E-state index in [1.54, 1.807) is 29.0 Å². The SMILES string of the molecule is Nc1ccnc2c1ccn2[C@@H]1O[C@@H]2CCOP(=O)(S)O[C@@H]3C[C@@H](COP(=O)(S)O[C@H]2[C@@H]1F)O[C@H]3n1cnc2c(=O)[nH]ccc21. The van der Waals surface area contributed by atoms with E-state index in [0.29, 0.717) is 22.2 Å². The summed E-state index contributed by atoms with van der Waals surface area (Å²) in [5.74, 6) is 0. The van der Waals surface area contributed by atoms with E-state index >= 15 is 4.39 Å². The van der Waals surface area contributed by atoms with E-state index in [0.717, 1.165) is 0 Å². The number of hydrogen-bond donors (Lipinski definition) is 4. The first-order valence-electron chi connectivity index (χ1n) is 13.5. The molecule has 3 saturated heterocycles. The lowest BCUT2D eigenvalue weighted by Gasteiger charge is -2.25. The highest BCUT2D eigenvalue weighted by Crippen LogP contribution is 2.59. The number of halogens is 1. The number of nitrogen functional groups attached to an aromatic ring is 1. The summed E-state index contributed by atoms with van der Waals surface area (Å²) in [5.41, 5.74) is 7.07. The standard InChI is InChI=1S/C24H27FN6O9P2S2/c25-18-20-16(38-24(18)30-7-3-13-14(26)1-5-27-21(13)30)4-8-35-41(33,43)39-17-9-12(10-36-42(34,44)40-20)37-23(17)31-11-29-19-15(31)2-6-28-22(19)32/h1-3,5-7,11-12,16-18,20,23-24H,4,8-10H2,(H2,26,27)(H,28,32)(H,33,43)(H,34,44)/t12-,16+,17+,18-,20+,23+,24+,41?,42?/m0/s1. The van der Waals surface area contributed by atoms with Crippen molar-refractivity contribution in [2.45, 2.75) is 55.9 Å². The number of aromatic amines is 1. The summed E-state index contributed by atoms with van der Waals surface area (Å²) in [7, 11) is 0. The number of nitrogens with one attached hydrogen (secondary N) is 1. The molecule has 15 nitrogen and oxygen atoms in total. The number of aromatic nitrogens is 5. The number of rotatable bonds is 2. The fourth-order valence-corrected chi connectivity index (χ4v) is 8.79. The van der Waals surface area contributed by atoms with Crippen LogP contribution in [0.1, 0.15) is 25.3 Å². The third-order valence-electron chi connectivity index (χ3n) is 7.72. The summed E-state index contributed by atoms with van der Waals surface area (Å²) >= 11 is 8.28. The molecule has 3 fully saturated rings. The maximum atomic E-state index is 16.1. The van der Waals surface area contributed by atoms with Gasteiger partial charge in [0.05, 0.1) is 37.3 Å². The third-order valence-corrected chi connectivity index (χ3v) is 11.0. The van der Waals surface area contributed by atoms with E-state index in [1.807, 2.05) is 0 Å². The van der Waals surface area contributed by atoms with Crippen LogP contribution in [0.15, 0.2) is 47.9 Å². The van der Waals surface area contributed by atoms with Gasteiger partial charge in [0.15, 0.2) is 24.1 Å². The van der Waals surface area contributed by atoms with Crippen molar-refractivity contribution < 1.29 is 41.1 Å². The second kappa shape index (κ2) is 11.5. The lowest BCUT2D eigenvalue weighted by molar-refractivity contribution is -0.0430. The molecule has 4 aromatic rings. The monoisotopic (exact) mass is 688 g/mol. The maximum Gasteiger partial charge on any atom is 0.386 e. The lowest BCUT2D eigenvalue weighted by Crippen LogP contribution is -2.32. The second-order valence-corrected chi connectivity index (χ2v) is 16.3. The minimum Gasteiger partial charge on any atom is -0.398 e. The van der Waals surface area contributed by atoms with Gasteiger partial charge in [0.2, 0.25) is 0 Å². The van der Waals surface area contributed by atoms with Gasteiger partial charge in [-0.1, -0.05) is 24.5 Å². The molecule has 2 unspecified atom stereocenters. The summed E-state index contributed by atoms with van der Waals surface area (Å²) in [4.78, 5) is 23.2. The average molecular weight is 689 g/mol. The zero-order chi connectivity index (χ0) is 30.8. The zero-order valence-corrected chi connectivity index (χ0v) is 26.2. The Bertz CT molecular complexity index is 1870. The van der Waals surface area contributed by atoms with Gasteiger partial charge in [-0.3, -0.25) is 18.4 Å². The van der Waals surface area contributed by atoms with Gasteiger partial charge in [-0.15, -0.1) is 0 Å². The summed E-state index contributed by atoms with van der Waals surface area (Å²) in [6, 6.07) is 4.94. The Hall–Kier alpha value is -2.24. The molecule has 0 amide bonds. The number of fused-ring (bicyclic) bond motifs is 5. The molecule has 4 aromatic heterocycles. The molecule has 3 aliphatic rings. The molecule has 0 radical (unpaired) electrons. The molecular weight excluding hydrogens is 661 g/mol. The molecular formula is C24H27FN6O9P2S2. The number of hydrogen-bond acceptors (Lipinski definition) is 12. The quantitative estimate of drug-likeness (QED) is 0.175. The fraction of sp³-hybridized carbons (Fsp3) is 0.458. The van der Waals surface area contributed by atoms with E-state index in [9.17, 15) is 13.9 Å². The third kappa shape index (κ3) is 5.66. The van der Waals surface area contributed by atoms with Crippen LogP contribution in [0.5, 0.6) is 0 Å². The van der Waals surface area contributed by atoms with Gasteiger partial charge in [-0.25, -0.2) is 23.5 Å². The molecule has 3 N–H and O–H groups in total. The maximum absolute atomic E-state index is 16.1. The van der Waals surface area contributed by atoms with Crippen LogP contribution >= 0.6 is 38.1 Å². The summed E-state index contributed by atoms with van der Waals surface area (Å²) in [6.07, 6.45) is -2.11. The van der Waals surface area contributed by atoms with E-state index in [2.05, 4.69) is 39.4 Å². The highest BCUT2D eigenvalue weighted by Gasteiger charge is 2.51. The van der Waals surface area contributed by atoms with E-state index in [4.69, 9.17) is 33.3 Å². The first-order valence-corrected chi connectivity index (χ1v) is 18.9. The van der Waals surface area contributed by atoms with E-state index < -0.39 is 62.2 Å². The fourth-order valence-electron chi connectivity index (χ4n) is 5.75. The van der Waals surface area contributed by atoms with Crippen LogP contribution in [0.3, 0.4) is 0 Å². The van der Waals surface area contributed by atoms with Gasteiger partial charge in [0, 0.05) is 42.5 Å². The molecule has 7 rings (SSSR count). The Balaban J connectivity index is 1.16. The molecule has 7 heterocycles. The number of anilines is 1. The number of H-pyrrole nitrogens is 1. The predicted molar refractivity (Wildman–Crippen MR) is 161 cm³/mol. The molecule has 2 bridgehead atoms. The van der Waals surface area contributed by atoms with Gasteiger partial charge < -0.3 is 33.8 Å². The van der Waals surface area contributed by atoms with Crippen molar-refractivity contribution in [3.05, 3.63) is 53.5 Å². The Morgan fingerprint density at radius 2 is 1.84 bits per heavy atom. The molecule has 20 heteroatoms. The molecule has 0 saturated carbocycles. The first kappa shape index (κ1) is 30.4. The average Bonchev–Trinajstić information content (AvgIpc) is 3.74. The Kier molecular flexibility index (Phi) is 7.97. The smallest absolute Gasteiger partial charge is 0.386 e. The van der Waals surface area contributed by atoms with Crippen molar-refractivity contribution in [3.8, 4) is 0 Å². The van der Waals surface area contributed by atoms with Crippen LogP contribution in [-0.4, -0.2) is 67.9 Å². The number of thiol groups is 2. The van der Waals surface area contributed by atoms with Crippen LogP contribution in [-0.2, 0) is 36.7 Å². The first-order chi connectivity index (χ1) is 21.0. The number of imidazole rings is 1. The Morgan fingerprint density at radius 1 is 1.02 bits per heavy atom. The predicted octanol–water partition coefficient (Wildman–Crippen LogP) is 4.16. The molecule has 0 aromatic carbocycles. The van der Waals surface area contributed by atoms with Crippen molar-refractivity contribution in [1.29, 1.82) is 0 Å². The van der Waals surface area contributed by atoms with Crippen molar-refractivity contribution in [3.63, 3.8) is 0 Å². The highest BCUT2D eigenvalue weighted by molar-refractivity contribution is 8.44. The van der Waals surface area contributed by atoms with Crippen molar-refractivity contribution in [2.24, 2.45) is 0 Å². The normalized spacial score (nSPS) is 36.8. The summed E-state index contributed by atoms with van der Waals surface area (Å²) in [5, 5.41) is 0.603. The van der Waals surface area contributed by atoms with Crippen LogP contribution in [0.25, 0.3) is 22.1 Å². The van der Waals surface area contributed by atoms with Crippen molar-refractivity contribution >= 4 is 65.8 Å². The van der Waals surface area contributed by atoms with Crippen molar-refractivity contribution in [1.82, 2.24) is 24.1 Å². The van der Waals surface area contributed by atoms with Crippen LogP contribution < -0.4 is 11.3 Å². The van der Waals surface area contributed by atoms with Gasteiger partial charge in [0.25, 0.3) is 5.56 Å². The number of nitrogens with two attached hydrogens (primary N) is 1. The highest BCUT2D eigenvalue weighted by atomic mass is 32.7. The van der Waals surface area contributed by atoms with Gasteiger partial charge in [-0.2, -0.15) is 0 Å². The van der Waals surface area contributed by atoms with Crippen LogP contribution in [0.4, 0.5) is 10.1 Å². The lowest BCUT2D eigenvalue weighted by atomic mass is 10.1. The summed E-state index contributed by atoms with van der Waals surface area (Å²) in [6.45, 7) is -8.74. The number of pyridine rings is 2. The van der Waals surface area contributed by atoms with E-state index in [1.165, 1.54) is 23.3 Å². The van der Waals surface area contributed by atoms with E-state index in [-0.39, 0.29) is 31.6 Å². The number of ether oxygens (including phenoxy) is 2. The zero-order valence-electron chi connectivity index (χ0n) is 22.6. The molecule has 44 heavy (non-hydrogen) atoms. The van der Waals surface area contributed by atoms with Crippen LogP contribution in [0, 0.1) is 0 Å².